The smallest absolute Gasteiger partial charge is 0.0594 e. The highest BCUT2D eigenvalue weighted by Crippen LogP contribution is 2.32. The molecule has 37 heavy (non-hydrogen) atoms. The maximum Gasteiger partial charge on any atom is 0.0594 e. The summed E-state index contributed by atoms with van der Waals surface area (Å²) >= 11 is 0. The van der Waals surface area contributed by atoms with Crippen molar-refractivity contribution in [1.29, 1.82) is 0 Å². The van der Waals surface area contributed by atoms with Gasteiger partial charge in [0.05, 0.1) is 5.54 Å². The summed E-state index contributed by atoms with van der Waals surface area (Å²) in [5.74, 6) is 0. The number of para-hydroxylation sites is 1. The first-order valence-electron chi connectivity index (χ1n) is 13.9. The van der Waals surface area contributed by atoms with Crippen LogP contribution in [-0.2, 0) is 18.4 Å². The molecular formula is C36H41N. The molecule has 0 saturated heterocycles. The highest BCUT2D eigenvalue weighted by molar-refractivity contribution is 5.91. The Balaban J connectivity index is 1.70. The zero-order valence-electron chi connectivity index (χ0n) is 22.9. The minimum absolute atomic E-state index is 0.129. The molecule has 0 heterocycles. The standard InChI is InChI=1S/C36H41N/c1-5-14-29-22-23-32(27-31(29)15-6-2)35(30-16-10-8-11-17-30)26-28-20-24-33(25-21-28)36(4,7-3)37-34-18-12-9-13-19-34/h8-13,16-27,37H,5-7,14-15H2,1-4H3. The molecule has 190 valence electrons. The van der Waals surface area contributed by atoms with E-state index in [0.717, 1.165) is 24.9 Å². The minimum atomic E-state index is -0.129. The van der Waals surface area contributed by atoms with Crippen LogP contribution in [-0.4, -0.2) is 0 Å². The Labute approximate surface area is 224 Å². The number of hydrogen-bond donors (Lipinski definition) is 1. The lowest BCUT2D eigenvalue weighted by molar-refractivity contribution is 0.523. The molecule has 0 bridgehead atoms. The van der Waals surface area contributed by atoms with Gasteiger partial charge in [-0.2, -0.15) is 0 Å². The van der Waals surface area contributed by atoms with Crippen molar-refractivity contribution in [3.05, 3.63) is 137 Å². The van der Waals surface area contributed by atoms with Crippen molar-refractivity contribution in [1.82, 2.24) is 0 Å². The number of nitrogens with one attached hydrogen (secondary N) is 1. The van der Waals surface area contributed by atoms with E-state index < -0.39 is 0 Å². The number of aryl methyl sites for hydroxylation is 2. The van der Waals surface area contributed by atoms with E-state index in [1.54, 1.807) is 0 Å². The molecule has 4 aromatic rings. The monoisotopic (exact) mass is 487 g/mol. The Kier molecular flexibility index (Phi) is 9.01. The lowest BCUT2D eigenvalue weighted by Gasteiger charge is -2.31. The van der Waals surface area contributed by atoms with Crippen LogP contribution in [0.5, 0.6) is 0 Å². The van der Waals surface area contributed by atoms with Crippen LogP contribution in [0.2, 0.25) is 0 Å². The highest BCUT2D eigenvalue weighted by Gasteiger charge is 2.24. The van der Waals surface area contributed by atoms with Crippen LogP contribution < -0.4 is 5.32 Å². The number of rotatable bonds is 11. The van der Waals surface area contributed by atoms with Crippen LogP contribution >= 0.6 is 0 Å². The lowest BCUT2D eigenvalue weighted by atomic mass is 9.87. The van der Waals surface area contributed by atoms with Gasteiger partial charge in [0.2, 0.25) is 0 Å². The Bertz CT molecular complexity index is 1290. The van der Waals surface area contributed by atoms with Crippen molar-refractivity contribution in [2.24, 2.45) is 0 Å². The summed E-state index contributed by atoms with van der Waals surface area (Å²) in [5, 5.41) is 3.75. The number of anilines is 1. The van der Waals surface area contributed by atoms with Crippen molar-refractivity contribution >= 4 is 17.3 Å². The van der Waals surface area contributed by atoms with Crippen molar-refractivity contribution < 1.29 is 0 Å². The zero-order chi connectivity index (χ0) is 26.1. The minimum Gasteiger partial charge on any atom is -0.376 e. The molecule has 0 radical (unpaired) electrons. The predicted molar refractivity (Wildman–Crippen MR) is 162 cm³/mol. The summed E-state index contributed by atoms with van der Waals surface area (Å²) in [6.45, 7) is 9.07. The quantitative estimate of drug-likeness (QED) is 0.208. The first kappa shape index (κ1) is 26.5. The van der Waals surface area contributed by atoms with Crippen molar-refractivity contribution in [2.45, 2.75) is 65.3 Å². The van der Waals surface area contributed by atoms with Gasteiger partial charge in [-0.15, -0.1) is 0 Å². The van der Waals surface area contributed by atoms with Gasteiger partial charge in [-0.25, -0.2) is 0 Å². The molecule has 0 aliphatic heterocycles. The van der Waals surface area contributed by atoms with Gasteiger partial charge in [-0.05, 0) is 83.3 Å². The normalized spacial score (nSPS) is 13.2. The van der Waals surface area contributed by atoms with Crippen molar-refractivity contribution in [3.8, 4) is 0 Å². The molecule has 0 aliphatic rings. The fourth-order valence-electron chi connectivity index (χ4n) is 5.08. The third-order valence-corrected chi connectivity index (χ3v) is 7.40. The van der Waals surface area contributed by atoms with E-state index in [2.05, 4.69) is 142 Å². The van der Waals surface area contributed by atoms with E-state index in [-0.39, 0.29) is 5.54 Å². The van der Waals surface area contributed by atoms with Gasteiger partial charge >= 0.3 is 0 Å². The first-order valence-corrected chi connectivity index (χ1v) is 13.9. The van der Waals surface area contributed by atoms with Gasteiger partial charge in [0, 0.05) is 5.69 Å². The molecule has 0 spiro atoms. The maximum absolute atomic E-state index is 3.75. The molecule has 1 nitrogen and oxygen atoms in total. The van der Waals surface area contributed by atoms with Crippen LogP contribution in [0.3, 0.4) is 0 Å². The Morgan fingerprint density at radius 3 is 1.92 bits per heavy atom. The average molecular weight is 488 g/mol. The maximum atomic E-state index is 3.75. The third kappa shape index (κ3) is 6.60. The first-order chi connectivity index (χ1) is 18.1. The van der Waals surface area contributed by atoms with Crippen LogP contribution in [0.1, 0.15) is 80.3 Å². The second kappa shape index (κ2) is 12.6. The van der Waals surface area contributed by atoms with Crippen LogP contribution in [0.15, 0.2) is 103 Å². The molecule has 1 atom stereocenters. The lowest BCUT2D eigenvalue weighted by Crippen LogP contribution is -2.30. The molecule has 0 saturated carbocycles. The fraction of sp³-hybridized carbons (Fsp3) is 0.278. The molecule has 4 aromatic carbocycles. The van der Waals surface area contributed by atoms with Crippen LogP contribution in [0.4, 0.5) is 5.69 Å². The van der Waals surface area contributed by atoms with Gasteiger partial charge < -0.3 is 5.32 Å². The topological polar surface area (TPSA) is 12.0 Å². The highest BCUT2D eigenvalue weighted by atomic mass is 15.0. The molecular weight excluding hydrogens is 446 g/mol. The summed E-state index contributed by atoms with van der Waals surface area (Å²) in [5.41, 5.74) is 10.3. The fourth-order valence-corrected chi connectivity index (χ4v) is 5.08. The number of benzene rings is 4. The predicted octanol–water partition coefficient (Wildman–Crippen LogP) is 9.92. The van der Waals surface area contributed by atoms with Gasteiger partial charge in [-0.3, -0.25) is 0 Å². The van der Waals surface area contributed by atoms with Crippen molar-refractivity contribution in [3.63, 3.8) is 0 Å². The second-order valence-corrected chi connectivity index (χ2v) is 10.2. The van der Waals surface area contributed by atoms with E-state index in [9.17, 15) is 0 Å². The Morgan fingerprint density at radius 2 is 1.30 bits per heavy atom. The van der Waals surface area contributed by atoms with E-state index in [1.165, 1.54) is 51.8 Å². The van der Waals surface area contributed by atoms with E-state index in [0.29, 0.717) is 0 Å². The van der Waals surface area contributed by atoms with E-state index in [4.69, 9.17) is 0 Å². The summed E-state index contributed by atoms with van der Waals surface area (Å²) in [4.78, 5) is 0. The van der Waals surface area contributed by atoms with E-state index >= 15 is 0 Å². The molecule has 1 N–H and O–H groups in total. The molecule has 0 aromatic heterocycles. The van der Waals surface area contributed by atoms with Gasteiger partial charge in [0.25, 0.3) is 0 Å². The summed E-state index contributed by atoms with van der Waals surface area (Å²) in [6, 6.07) is 37.5. The second-order valence-electron chi connectivity index (χ2n) is 10.2. The SMILES string of the molecule is CCCc1ccc(C(=Cc2ccc(C(C)(CC)Nc3ccccc3)cc2)c2ccccc2)cc1CCC. The molecule has 1 heteroatoms. The zero-order valence-corrected chi connectivity index (χ0v) is 22.9. The summed E-state index contributed by atoms with van der Waals surface area (Å²) in [6.07, 6.45) is 7.96. The summed E-state index contributed by atoms with van der Waals surface area (Å²) < 4.78 is 0. The molecule has 1 unspecified atom stereocenters. The van der Waals surface area contributed by atoms with Crippen molar-refractivity contribution in [2.75, 3.05) is 5.32 Å². The average Bonchev–Trinajstić information content (AvgIpc) is 2.94. The molecule has 0 fully saturated rings. The molecule has 4 rings (SSSR count). The van der Waals surface area contributed by atoms with Crippen LogP contribution in [0.25, 0.3) is 11.6 Å². The molecule has 0 amide bonds. The third-order valence-electron chi connectivity index (χ3n) is 7.40. The largest absolute Gasteiger partial charge is 0.376 e. The van der Waals surface area contributed by atoms with Gasteiger partial charge in [0.1, 0.15) is 0 Å². The Hall–Kier alpha value is -3.58. The Morgan fingerprint density at radius 1 is 0.676 bits per heavy atom. The van der Waals surface area contributed by atoms with E-state index in [1.807, 2.05) is 0 Å². The van der Waals surface area contributed by atoms with Gasteiger partial charge in [0.15, 0.2) is 0 Å². The number of hydrogen-bond acceptors (Lipinski definition) is 1. The van der Waals surface area contributed by atoms with Gasteiger partial charge in [-0.1, -0.05) is 125 Å². The molecule has 0 aliphatic carbocycles. The summed E-state index contributed by atoms with van der Waals surface area (Å²) in [7, 11) is 0. The van der Waals surface area contributed by atoms with Crippen LogP contribution in [0, 0.1) is 0 Å².